The lowest BCUT2D eigenvalue weighted by Gasteiger charge is -2.39. The molecule has 0 radical (unpaired) electrons. The van der Waals surface area contributed by atoms with Crippen LogP contribution in [-0.4, -0.2) is 44.6 Å². The number of hydrogen-bond acceptors (Lipinski definition) is 4. The first-order valence-corrected chi connectivity index (χ1v) is 11.6. The van der Waals surface area contributed by atoms with Gasteiger partial charge in [0.05, 0.1) is 0 Å². The Morgan fingerprint density at radius 3 is 2.29 bits per heavy atom. The first-order chi connectivity index (χ1) is 10.7. The van der Waals surface area contributed by atoms with Crippen LogP contribution in [0.25, 0.3) is 0 Å². The average Bonchev–Trinajstić information content (AvgIpc) is 2.47. The van der Waals surface area contributed by atoms with E-state index in [1.807, 2.05) is 20.8 Å². The molecule has 2 atom stereocenters. The van der Waals surface area contributed by atoms with Crippen molar-refractivity contribution in [1.82, 2.24) is 10.6 Å². The highest BCUT2D eigenvalue weighted by atomic mass is 28.4. The lowest BCUT2D eigenvalue weighted by molar-refractivity contribution is -0.128. The molecule has 2 amide bonds. The van der Waals surface area contributed by atoms with Gasteiger partial charge in [0.2, 0.25) is 5.91 Å². The van der Waals surface area contributed by atoms with E-state index in [0.29, 0.717) is 19.4 Å². The predicted molar refractivity (Wildman–Crippen MR) is 97.5 cm³/mol. The van der Waals surface area contributed by atoms with Crippen LogP contribution in [0.15, 0.2) is 0 Å². The summed E-state index contributed by atoms with van der Waals surface area (Å²) < 4.78 is 11.6. The van der Waals surface area contributed by atoms with Crippen LogP contribution in [0.5, 0.6) is 0 Å². The van der Waals surface area contributed by atoms with Gasteiger partial charge >= 0.3 is 6.09 Å². The van der Waals surface area contributed by atoms with Crippen molar-refractivity contribution in [2.45, 2.75) is 90.3 Å². The van der Waals surface area contributed by atoms with Gasteiger partial charge in [0, 0.05) is 19.0 Å². The molecular weight excluding hydrogens is 324 g/mol. The maximum atomic E-state index is 12.3. The molecule has 0 aromatic heterocycles. The molecule has 1 aliphatic rings. The first-order valence-electron chi connectivity index (χ1n) is 8.66. The molecule has 1 fully saturated rings. The van der Waals surface area contributed by atoms with Crippen molar-refractivity contribution in [1.29, 1.82) is 0 Å². The van der Waals surface area contributed by atoms with Crippen LogP contribution >= 0.6 is 0 Å². The van der Waals surface area contributed by atoms with Gasteiger partial charge in [-0.2, -0.15) is 0 Å². The lowest BCUT2D eigenvalue weighted by Crippen LogP contribution is -2.49. The van der Waals surface area contributed by atoms with Crippen molar-refractivity contribution >= 4 is 20.3 Å². The van der Waals surface area contributed by atoms with E-state index < -0.39 is 26.1 Å². The van der Waals surface area contributed by atoms with Crippen LogP contribution in [0.2, 0.25) is 18.1 Å². The minimum Gasteiger partial charge on any atom is -0.444 e. The molecule has 0 unspecified atom stereocenters. The van der Waals surface area contributed by atoms with Crippen LogP contribution in [-0.2, 0) is 14.0 Å². The molecule has 6 nitrogen and oxygen atoms in total. The van der Waals surface area contributed by atoms with E-state index >= 15 is 0 Å². The van der Waals surface area contributed by atoms with Gasteiger partial charge in [-0.3, -0.25) is 4.79 Å². The van der Waals surface area contributed by atoms with Crippen LogP contribution < -0.4 is 10.6 Å². The number of carbonyl (C=O) groups is 2. The quantitative estimate of drug-likeness (QED) is 0.760. The third-order valence-electron chi connectivity index (χ3n) is 4.55. The molecule has 1 heterocycles. The van der Waals surface area contributed by atoms with E-state index in [1.54, 1.807) is 0 Å². The third-order valence-corrected chi connectivity index (χ3v) is 9.03. The number of hydrogen-bond donors (Lipinski definition) is 2. The van der Waals surface area contributed by atoms with Crippen molar-refractivity contribution < 1.29 is 18.8 Å². The smallest absolute Gasteiger partial charge is 0.407 e. The molecule has 140 valence electrons. The fourth-order valence-electron chi connectivity index (χ4n) is 2.21. The number of nitrogens with one attached hydrogen (secondary N) is 2. The monoisotopic (exact) mass is 358 g/mol. The SMILES string of the molecule is CC(C)(C)OC(=O)N[C@@H]1CCNC(=O)[C@H](O[Si](C)(C)C(C)(C)C)C1. The van der Waals surface area contributed by atoms with Crippen molar-refractivity contribution in [3.8, 4) is 0 Å². The third kappa shape index (κ3) is 6.43. The van der Waals surface area contributed by atoms with Crippen molar-refractivity contribution in [2.75, 3.05) is 6.54 Å². The minimum atomic E-state index is -2.07. The highest BCUT2D eigenvalue weighted by molar-refractivity contribution is 6.74. The second-order valence-corrected chi connectivity index (χ2v) is 13.8. The summed E-state index contributed by atoms with van der Waals surface area (Å²) >= 11 is 0. The van der Waals surface area contributed by atoms with E-state index in [1.165, 1.54) is 0 Å². The summed E-state index contributed by atoms with van der Waals surface area (Å²) in [6.07, 6.45) is 0.154. The summed E-state index contributed by atoms with van der Waals surface area (Å²) in [5.74, 6) is -0.0895. The number of carbonyl (C=O) groups excluding carboxylic acids is 2. The topological polar surface area (TPSA) is 76.7 Å². The Morgan fingerprint density at radius 1 is 1.21 bits per heavy atom. The molecule has 0 saturated carbocycles. The van der Waals surface area contributed by atoms with Gasteiger partial charge in [0.15, 0.2) is 8.32 Å². The van der Waals surface area contributed by atoms with Gasteiger partial charge in [0.25, 0.3) is 0 Å². The fraction of sp³-hybridized carbons (Fsp3) is 0.882. The predicted octanol–water partition coefficient (Wildman–Crippen LogP) is 3.18. The van der Waals surface area contributed by atoms with Crippen LogP contribution in [0.1, 0.15) is 54.4 Å². The summed E-state index contributed by atoms with van der Waals surface area (Å²) in [6, 6.07) is -0.145. The summed E-state index contributed by atoms with van der Waals surface area (Å²) in [5, 5.41) is 5.78. The summed E-state index contributed by atoms with van der Waals surface area (Å²) in [6.45, 7) is 16.7. The van der Waals surface area contributed by atoms with Gasteiger partial charge in [0.1, 0.15) is 11.7 Å². The summed E-state index contributed by atoms with van der Waals surface area (Å²) in [4.78, 5) is 24.3. The Balaban J connectivity index is 2.76. The Kier molecular flexibility index (Phi) is 6.49. The largest absolute Gasteiger partial charge is 0.444 e. The van der Waals surface area contributed by atoms with E-state index in [0.717, 1.165) is 0 Å². The highest BCUT2D eigenvalue weighted by Crippen LogP contribution is 2.38. The fourth-order valence-corrected chi connectivity index (χ4v) is 3.47. The molecule has 2 N–H and O–H groups in total. The maximum Gasteiger partial charge on any atom is 0.407 e. The van der Waals surface area contributed by atoms with Gasteiger partial charge in [-0.05, 0) is 45.3 Å². The highest BCUT2D eigenvalue weighted by Gasteiger charge is 2.42. The maximum absolute atomic E-state index is 12.3. The number of ether oxygens (including phenoxy) is 1. The molecule has 0 aliphatic carbocycles. The van der Waals surface area contributed by atoms with Crippen molar-refractivity contribution in [3.05, 3.63) is 0 Å². The van der Waals surface area contributed by atoms with Crippen LogP contribution in [0.3, 0.4) is 0 Å². The van der Waals surface area contributed by atoms with Crippen molar-refractivity contribution in [2.24, 2.45) is 0 Å². The molecule has 0 spiro atoms. The number of alkyl carbamates (subject to hydrolysis) is 1. The number of rotatable bonds is 3. The second kappa shape index (κ2) is 7.43. The van der Waals surface area contributed by atoms with Gasteiger partial charge in [-0.25, -0.2) is 4.79 Å². The summed E-state index contributed by atoms with van der Waals surface area (Å²) in [5.41, 5.74) is -0.542. The molecule has 24 heavy (non-hydrogen) atoms. The zero-order valence-corrected chi connectivity index (χ0v) is 17.4. The molecular formula is C17H34N2O4Si. The van der Waals surface area contributed by atoms with Crippen molar-refractivity contribution in [3.63, 3.8) is 0 Å². The van der Waals surface area contributed by atoms with Crippen LogP contribution in [0.4, 0.5) is 4.79 Å². The molecule has 7 heteroatoms. The minimum absolute atomic E-state index is 0.0215. The van der Waals surface area contributed by atoms with E-state index in [-0.39, 0.29) is 17.0 Å². The lowest BCUT2D eigenvalue weighted by atomic mass is 10.1. The molecule has 1 rings (SSSR count). The average molecular weight is 359 g/mol. The molecule has 0 aromatic carbocycles. The van der Waals surface area contributed by atoms with E-state index in [2.05, 4.69) is 44.5 Å². The molecule has 1 aliphatic heterocycles. The zero-order valence-electron chi connectivity index (χ0n) is 16.4. The van der Waals surface area contributed by atoms with Gasteiger partial charge < -0.3 is 19.8 Å². The molecule has 0 aromatic rings. The normalized spacial score (nSPS) is 23.2. The number of amides is 2. The Labute approximate surface area is 147 Å². The first kappa shape index (κ1) is 21.0. The van der Waals surface area contributed by atoms with E-state index in [4.69, 9.17) is 9.16 Å². The standard InChI is InChI=1S/C17H34N2O4Si/c1-16(2,3)22-15(21)19-12-9-10-18-14(20)13(11-12)23-24(7,8)17(4,5)6/h12-13H,9-11H2,1-8H3,(H,18,20)(H,19,21)/t12-,13-/m1/s1. The molecule has 0 bridgehead atoms. The Morgan fingerprint density at radius 2 is 1.79 bits per heavy atom. The second-order valence-electron chi connectivity index (χ2n) is 9.03. The molecule has 1 saturated heterocycles. The van der Waals surface area contributed by atoms with Gasteiger partial charge in [-0.1, -0.05) is 20.8 Å². The van der Waals surface area contributed by atoms with E-state index in [9.17, 15) is 9.59 Å². The Bertz CT molecular complexity index is 466. The van der Waals surface area contributed by atoms with Crippen LogP contribution in [0, 0.1) is 0 Å². The zero-order chi connectivity index (χ0) is 18.8. The van der Waals surface area contributed by atoms with Gasteiger partial charge in [-0.15, -0.1) is 0 Å². The summed E-state index contributed by atoms with van der Waals surface area (Å²) in [7, 11) is -2.07. The Hall–Kier alpha value is -1.08.